The molecule has 0 unspecified atom stereocenters. The van der Waals surface area contributed by atoms with Crippen molar-refractivity contribution in [1.82, 2.24) is 10.2 Å². The summed E-state index contributed by atoms with van der Waals surface area (Å²) in [5.41, 5.74) is 5.12. The first-order valence-electron chi connectivity index (χ1n) is 2.92. The van der Waals surface area contributed by atoms with Crippen LogP contribution in [-0.2, 0) is 9.59 Å². The minimum atomic E-state index is -1.25. The van der Waals surface area contributed by atoms with Gasteiger partial charge in [0.25, 0.3) is 11.8 Å². The van der Waals surface area contributed by atoms with Gasteiger partial charge in [-0.2, -0.15) is 0 Å². The van der Waals surface area contributed by atoms with E-state index in [1.807, 2.05) is 5.32 Å². The van der Waals surface area contributed by atoms with Crippen LogP contribution in [0.2, 0.25) is 0 Å². The van der Waals surface area contributed by atoms with Crippen LogP contribution in [0.4, 0.5) is 4.79 Å². The first kappa shape index (κ1) is 7.67. The van der Waals surface area contributed by atoms with E-state index in [0.29, 0.717) is 0 Å². The van der Waals surface area contributed by atoms with Crippen molar-refractivity contribution in [2.75, 3.05) is 7.05 Å². The van der Waals surface area contributed by atoms with Crippen LogP contribution in [0.1, 0.15) is 0 Å². The Morgan fingerprint density at radius 1 is 1.45 bits per heavy atom. The molecule has 11 heavy (non-hydrogen) atoms. The molecule has 1 heterocycles. The molecule has 0 aromatic carbocycles. The summed E-state index contributed by atoms with van der Waals surface area (Å²) in [5.74, 6) is -1.43. The maximum atomic E-state index is 10.9. The minimum Gasteiger partial charge on any atom is -0.312 e. The molecule has 1 aliphatic heterocycles. The van der Waals surface area contributed by atoms with Gasteiger partial charge in [0.2, 0.25) is 0 Å². The quantitative estimate of drug-likeness (QED) is 0.398. The molecule has 0 aromatic heterocycles. The molecule has 0 radical (unpaired) electrons. The van der Waals surface area contributed by atoms with Gasteiger partial charge in [0.15, 0.2) is 6.04 Å². The van der Waals surface area contributed by atoms with E-state index >= 15 is 0 Å². The van der Waals surface area contributed by atoms with Crippen molar-refractivity contribution in [2.24, 2.45) is 5.73 Å². The number of carbonyl (C=O) groups is 3. The van der Waals surface area contributed by atoms with E-state index < -0.39 is 23.9 Å². The summed E-state index contributed by atoms with van der Waals surface area (Å²) in [6, 6.07) is -1.99. The predicted molar refractivity (Wildman–Crippen MR) is 34.3 cm³/mol. The summed E-state index contributed by atoms with van der Waals surface area (Å²) in [6.07, 6.45) is 0. The molecule has 1 rings (SSSR count). The van der Waals surface area contributed by atoms with E-state index in [4.69, 9.17) is 5.73 Å². The first-order valence-corrected chi connectivity index (χ1v) is 2.92. The molecule has 1 fully saturated rings. The highest BCUT2D eigenvalue weighted by Crippen LogP contribution is 1.97. The van der Waals surface area contributed by atoms with Crippen molar-refractivity contribution < 1.29 is 14.4 Å². The Bertz CT molecular complexity index is 215. The van der Waals surface area contributed by atoms with E-state index in [9.17, 15) is 14.4 Å². The number of hydrogen-bond donors (Lipinski definition) is 2. The van der Waals surface area contributed by atoms with Crippen molar-refractivity contribution in [3.05, 3.63) is 0 Å². The van der Waals surface area contributed by atoms with Crippen LogP contribution >= 0.6 is 0 Å². The van der Waals surface area contributed by atoms with Gasteiger partial charge in [-0.15, -0.1) is 0 Å². The van der Waals surface area contributed by atoms with Crippen molar-refractivity contribution in [3.8, 4) is 0 Å². The zero-order valence-corrected chi connectivity index (χ0v) is 5.83. The van der Waals surface area contributed by atoms with Gasteiger partial charge < -0.3 is 5.73 Å². The van der Waals surface area contributed by atoms with Crippen LogP contribution in [0, 0.1) is 0 Å². The summed E-state index contributed by atoms with van der Waals surface area (Å²) in [4.78, 5) is 33.0. The van der Waals surface area contributed by atoms with Gasteiger partial charge in [-0.05, 0) is 0 Å². The Balaban J connectivity index is 2.87. The molecular weight excluding hydrogens is 150 g/mol. The highest BCUT2D eigenvalue weighted by atomic mass is 16.2. The molecule has 3 N–H and O–H groups in total. The van der Waals surface area contributed by atoms with Gasteiger partial charge in [-0.25, -0.2) is 4.79 Å². The molecular formula is C5H7N3O3. The number of rotatable bonds is 0. The number of imide groups is 2. The van der Waals surface area contributed by atoms with Gasteiger partial charge in [-0.1, -0.05) is 0 Å². The lowest BCUT2D eigenvalue weighted by Gasteiger charge is -2.24. The number of barbiturate groups is 1. The van der Waals surface area contributed by atoms with E-state index in [-0.39, 0.29) is 0 Å². The van der Waals surface area contributed by atoms with Crippen molar-refractivity contribution in [3.63, 3.8) is 0 Å². The van der Waals surface area contributed by atoms with E-state index in [0.717, 1.165) is 4.90 Å². The van der Waals surface area contributed by atoms with Gasteiger partial charge >= 0.3 is 6.03 Å². The molecule has 6 nitrogen and oxygen atoms in total. The monoisotopic (exact) mass is 157 g/mol. The Labute approximate surface area is 62.3 Å². The SMILES string of the molecule is CN1C(=O)NC(=O)[C@@H](N)C1=O. The van der Waals surface area contributed by atoms with Crippen LogP contribution in [0.25, 0.3) is 0 Å². The number of hydrogen-bond acceptors (Lipinski definition) is 4. The van der Waals surface area contributed by atoms with Crippen LogP contribution < -0.4 is 11.1 Å². The van der Waals surface area contributed by atoms with Crippen molar-refractivity contribution in [1.29, 1.82) is 0 Å². The second-order valence-corrected chi connectivity index (χ2v) is 2.17. The molecule has 0 saturated carbocycles. The lowest BCUT2D eigenvalue weighted by Crippen LogP contribution is -2.62. The second-order valence-electron chi connectivity index (χ2n) is 2.17. The summed E-state index contributed by atoms with van der Waals surface area (Å²) in [7, 11) is 1.25. The fourth-order valence-electron chi connectivity index (χ4n) is 0.688. The molecule has 0 aliphatic carbocycles. The van der Waals surface area contributed by atoms with Gasteiger partial charge in [0.05, 0.1) is 0 Å². The molecule has 1 saturated heterocycles. The maximum Gasteiger partial charge on any atom is 0.330 e. The third-order valence-electron chi connectivity index (χ3n) is 1.41. The molecule has 6 heteroatoms. The second kappa shape index (κ2) is 2.31. The normalized spacial score (nSPS) is 25.5. The molecule has 4 amide bonds. The summed E-state index contributed by atoms with van der Waals surface area (Å²) in [5, 5.41) is 1.91. The summed E-state index contributed by atoms with van der Waals surface area (Å²) in [6.45, 7) is 0. The van der Waals surface area contributed by atoms with E-state index in [1.165, 1.54) is 7.05 Å². The predicted octanol–water partition coefficient (Wildman–Crippen LogP) is -1.98. The van der Waals surface area contributed by atoms with Crippen LogP contribution in [0.3, 0.4) is 0 Å². The lowest BCUT2D eigenvalue weighted by molar-refractivity contribution is -0.137. The Morgan fingerprint density at radius 3 is 2.55 bits per heavy atom. The molecule has 0 spiro atoms. The average Bonchev–Trinajstić information content (AvgIpc) is 1.97. The number of amides is 4. The van der Waals surface area contributed by atoms with Crippen LogP contribution in [-0.4, -0.2) is 35.8 Å². The number of nitrogens with two attached hydrogens (primary N) is 1. The number of nitrogens with one attached hydrogen (secondary N) is 1. The van der Waals surface area contributed by atoms with E-state index in [2.05, 4.69) is 0 Å². The molecule has 60 valence electrons. The Kier molecular flexibility index (Phi) is 1.61. The number of urea groups is 1. The van der Waals surface area contributed by atoms with Gasteiger partial charge in [0, 0.05) is 7.05 Å². The van der Waals surface area contributed by atoms with Crippen LogP contribution in [0.5, 0.6) is 0 Å². The average molecular weight is 157 g/mol. The van der Waals surface area contributed by atoms with Crippen molar-refractivity contribution in [2.45, 2.75) is 6.04 Å². The molecule has 1 aliphatic rings. The highest BCUT2D eigenvalue weighted by molar-refractivity contribution is 6.18. The zero-order valence-electron chi connectivity index (χ0n) is 5.83. The lowest BCUT2D eigenvalue weighted by atomic mass is 10.2. The number of nitrogens with zero attached hydrogens (tertiary/aromatic N) is 1. The largest absolute Gasteiger partial charge is 0.330 e. The third-order valence-corrected chi connectivity index (χ3v) is 1.41. The zero-order chi connectivity index (χ0) is 8.59. The Hall–Kier alpha value is -1.43. The molecule has 0 bridgehead atoms. The standard InChI is InChI=1S/C5H7N3O3/c1-8-4(10)2(6)3(9)7-5(8)11/h2H,6H2,1H3,(H,7,9,11)/t2-/m1/s1. The molecule has 1 atom stereocenters. The van der Waals surface area contributed by atoms with Crippen molar-refractivity contribution >= 4 is 17.8 Å². The minimum absolute atomic E-state index is 0.682. The van der Waals surface area contributed by atoms with Crippen LogP contribution in [0.15, 0.2) is 0 Å². The highest BCUT2D eigenvalue weighted by Gasteiger charge is 2.35. The summed E-state index contributed by atoms with van der Waals surface area (Å²) < 4.78 is 0. The fourth-order valence-corrected chi connectivity index (χ4v) is 0.688. The number of likely N-dealkylation sites (N-methyl/N-ethyl adjacent to an activating group) is 1. The summed E-state index contributed by atoms with van der Waals surface area (Å²) >= 11 is 0. The third kappa shape index (κ3) is 1.07. The van der Waals surface area contributed by atoms with Gasteiger partial charge in [-0.3, -0.25) is 19.8 Å². The fraction of sp³-hybridized carbons (Fsp3) is 0.400. The smallest absolute Gasteiger partial charge is 0.312 e. The maximum absolute atomic E-state index is 10.9. The topological polar surface area (TPSA) is 92.5 Å². The van der Waals surface area contributed by atoms with Gasteiger partial charge in [0.1, 0.15) is 0 Å². The Morgan fingerprint density at radius 2 is 2.00 bits per heavy atom. The number of carbonyl (C=O) groups excluding carboxylic acids is 3. The first-order chi connectivity index (χ1) is 5.04. The van der Waals surface area contributed by atoms with E-state index in [1.54, 1.807) is 0 Å². The molecule has 0 aromatic rings.